The van der Waals surface area contributed by atoms with Crippen molar-refractivity contribution in [3.63, 3.8) is 0 Å². The highest BCUT2D eigenvalue weighted by Gasteiger charge is 2.36. The highest BCUT2D eigenvalue weighted by molar-refractivity contribution is 6.10. The van der Waals surface area contributed by atoms with Crippen molar-refractivity contribution in [2.75, 3.05) is 18.0 Å². The van der Waals surface area contributed by atoms with E-state index >= 15 is 4.39 Å². The Labute approximate surface area is 269 Å². The average molecular weight is 638 g/mol. The number of piperidine rings is 1. The number of carboxylic acid groups (broad SMARTS) is 1. The van der Waals surface area contributed by atoms with Crippen LogP contribution in [0.3, 0.4) is 0 Å². The number of likely N-dealkylation sites (tertiary alicyclic amines) is 1. The predicted molar refractivity (Wildman–Crippen MR) is 173 cm³/mol. The number of anilines is 1. The molecule has 1 N–H and O–H groups in total. The number of aromatic nitrogens is 5. The number of amides is 2. The first kappa shape index (κ1) is 31.3. The molecule has 13 heteroatoms. The van der Waals surface area contributed by atoms with Crippen molar-refractivity contribution in [1.82, 2.24) is 29.9 Å². The molecule has 0 radical (unpaired) electrons. The molecule has 0 spiro atoms. The maximum absolute atomic E-state index is 16.0. The van der Waals surface area contributed by atoms with Crippen LogP contribution in [0, 0.1) is 5.82 Å². The van der Waals surface area contributed by atoms with Gasteiger partial charge in [0.2, 0.25) is 0 Å². The molecule has 5 aromatic rings. The van der Waals surface area contributed by atoms with Gasteiger partial charge in [0.05, 0.1) is 17.3 Å². The van der Waals surface area contributed by atoms with Crippen LogP contribution in [0.5, 0.6) is 0 Å². The number of hydrogen-bond acceptors (Lipinski definition) is 8. The molecule has 6 rings (SSSR count). The van der Waals surface area contributed by atoms with Crippen LogP contribution in [0.15, 0.2) is 73.1 Å². The lowest BCUT2D eigenvalue weighted by Crippen LogP contribution is -2.53. The van der Waals surface area contributed by atoms with Gasteiger partial charge in [-0.3, -0.25) is 9.69 Å². The minimum Gasteiger partial charge on any atom is -0.478 e. The van der Waals surface area contributed by atoms with Crippen LogP contribution in [0.2, 0.25) is 0 Å². The second-order valence-electron chi connectivity index (χ2n) is 12.2. The summed E-state index contributed by atoms with van der Waals surface area (Å²) in [5, 5.41) is 18.6. The van der Waals surface area contributed by atoms with Gasteiger partial charge in [-0.25, -0.2) is 23.9 Å². The van der Waals surface area contributed by atoms with Gasteiger partial charge >= 0.3 is 12.1 Å². The first-order valence-electron chi connectivity index (χ1n) is 15.1. The first-order chi connectivity index (χ1) is 22.5. The summed E-state index contributed by atoms with van der Waals surface area (Å²) in [6.07, 6.45) is 6.17. The topological polar surface area (TPSA) is 144 Å². The van der Waals surface area contributed by atoms with Gasteiger partial charge in [-0.1, -0.05) is 17.3 Å². The zero-order chi connectivity index (χ0) is 33.3. The molecule has 47 heavy (non-hydrogen) atoms. The molecule has 0 unspecified atom stereocenters. The third-order valence-electron chi connectivity index (χ3n) is 7.68. The number of rotatable bonds is 6. The second-order valence-corrected chi connectivity index (χ2v) is 12.2. The van der Waals surface area contributed by atoms with E-state index in [9.17, 15) is 14.4 Å². The van der Waals surface area contributed by atoms with Crippen LogP contribution in [0.25, 0.3) is 33.7 Å². The molecule has 1 fully saturated rings. The van der Waals surface area contributed by atoms with Gasteiger partial charge in [-0.15, -0.1) is 5.10 Å². The fraction of sp³-hybridized carbons (Fsp3) is 0.265. The summed E-state index contributed by atoms with van der Waals surface area (Å²) in [5.74, 6) is -2.30. The van der Waals surface area contributed by atoms with Crippen LogP contribution >= 0.6 is 0 Å². The van der Waals surface area contributed by atoms with Crippen molar-refractivity contribution in [1.29, 1.82) is 0 Å². The molecule has 3 aromatic heterocycles. The van der Waals surface area contributed by atoms with E-state index in [1.807, 2.05) is 0 Å². The average Bonchev–Trinajstić information content (AvgIpc) is 3.47. The summed E-state index contributed by atoms with van der Waals surface area (Å²) in [6, 6.07) is 14.1. The monoisotopic (exact) mass is 637 g/mol. The zero-order valence-electron chi connectivity index (χ0n) is 26.0. The number of pyridine rings is 2. The molecule has 240 valence electrons. The van der Waals surface area contributed by atoms with Gasteiger partial charge < -0.3 is 14.7 Å². The third-order valence-corrected chi connectivity index (χ3v) is 7.68. The normalized spacial score (nSPS) is 15.3. The van der Waals surface area contributed by atoms with E-state index in [-0.39, 0.29) is 17.9 Å². The quantitative estimate of drug-likeness (QED) is 0.234. The molecule has 1 atom stereocenters. The summed E-state index contributed by atoms with van der Waals surface area (Å²) >= 11 is 0. The Hall–Kier alpha value is -5.72. The number of benzene rings is 2. The SMILES string of the molecule is CC(C)(C)OC(=O)N1CCC[C@@H](N(C(=O)c2ccc(-n3nnc4cccnc43)cc2F)c2nccc3ccc(/C=C/C(=O)O)cc23)C1. The van der Waals surface area contributed by atoms with E-state index in [0.29, 0.717) is 47.2 Å². The first-order valence-corrected chi connectivity index (χ1v) is 15.1. The van der Waals surface area contributed by atoms with E-state index < -0.39 is 35.4 Å². The summed E-state index contributed by atoms with van der Waals surface area (Å²) in [7, 11) is 0. The predicted octanol–water partition coefficient (Wildman–Crippen LogP) is 5.65. The number of carboxylic acids is 1. The lowest BCUT2D eigenvalue weighted by molar-refractivity contribution is -0.131. The van der Waals surface area contributed by atoms with Gasteiger partial charge in [-0.05, 0) is 87.0 Å². The van der Waals surface area contributed by atoms with E-state index in [1.54, 1.807) is 80.5 Å². The lowest BCUT2D eigenvalue weighted by atomic mass is 10.0. The molecule has 1 aliphatic heterocycles. The molecule has 0 aliphatic carbocycles. The Balaban J connectivity index is 1.43. The lowest BCUT2D eigenvalue weighted by Gasteiger charge is -2.39. The van der Waals surface area contributed by atoms with Crippen molar-refractivity contribution in [3.05, 3.63) is 90.0 Å². The Morgan fingerprint density at radius 2 is 1.89 bits per heavy atom. The van der Waals surface area contributed by atoms with Crippen LogP contribution in [-0.2, 0) is 9.53 Å². The maximum atomic E-state index is 16.0. The van der Waals surface area contributed by atoms with E-state index in [1.165, 1.54) is 27.8 Å². The number of aliphatic carboxylic acids is 1. The molecule has 1 aliphatic rings. The molecule has 0 bridgehead atoms. The van der Waals surface area contributed by atoms with Crippen molar-refractivity contribution in [2.45, 2.75) is 45.3 Å². The fourth-order valence-corrected chi connectivity index (χ4v) is 5.60. The number of carbonyl (C=O) groups is 3. The molecule has 0 saturated carbocycles. The van der Waals surface area contributed by atoms with Crippen LogP contribution < -0.4 is 4.90 Å². The fourth-order valence-electron chi connectivity index (χ4n) is 5.60. The molecule has 2 amide bonds. The third kappa shape index (κ3) is 6.64. The van der Waals surface area contributed by atoms with E-state index in [0.717, 1.165) is 11.5 Å². The van der Waals surface area contributed by atoms with Crippen molar-refractivity contribution >= 4 is 51.8 Å². The minimum atomic E-state index is -1.11. The highest BCUT2D eigenvalue weighted by Crippen LogP contribution is 2.32. The van der Waals surface area contributed by atoms with Crippen LogP contribution in [0.1, 0.15) is 49.5 Å². The summed E-state index contributed by atoms with van der Waals surface area (Å²) in [6.45, 7) is 5.91. The Morgan fingerprint density at radius 1 is 1.06 bits per heavy atom. The standard InChI is InChI=1S/C34H32FN7O5/c1-34(2,3)47-33(46)40-17-5-6-24(20-40)41(30-26-18-21(9-13-29(43)44)8-10-22(26)14-16-37-30)32(45)25-12-11-23(19-27(25)35)42-31-28(38-39-42)7-4-15-36-31/h4,7-16,18-19,24H,5-6,17,20H2,1-3H3,(H,43,44)/b13-9+/t24-/m1/s1. The number of hydrogen-bond donors (Lipinski definition) is 1. The van der Waals surface area contributed by atoms with Gasteiger partial charge in [0, 0.05) is 43.0 Å². The van der Waals surface area contributed by atoms with E-state index in [4.69, 9.17) is 9.84 Å². The highest BCUT2D eigenvalue weighted by atomic mass is 19.1. The Kier molecular flexibility index (Phi) is 8.37. The maximum Gasteiger partial charge on any atom is 0.410 e. The van der Waals surface area contributed by atoms with E-state index in [2.05, 4.69) is 20.3 Å². The van der Waals surface area contributed by atoms with Gasteiger partial charge in [0.15, 0.2) is 5.65 Å². The van der Waals surface area contributed by atoms with Crippen LogP contribution in [0.4, 0.5) is 15.0 Å². The Bertz CT molecular complexity index is 2040. The minimum absolute atomic E-state index is 0.133. The van der Waals surface area contributed by atoms with Gasteiger partial charge in [0.25, 0.3) is 5.91 Å². The summed E-state index contributed by atoms with van der Waals surface area (Å²) in [4.78, 5) is 50.6. The zero-order valence-corrected chi connectivity index (χ0v) is 26.0. The second kappa shape index (κ2) is 12.6. The number of halogens is 1. The molecule has 12 nitrogen and oxygen atoms in total. The largest absolute Gasteiger partial charge is 0.478 e. The molecule has 2 aromatic carbocycles. The number of carbonyl (C=O) groups excluding carboxylic acids is 2. The molecule has 1 saturated heterocycles. The van der Waals surface area contributed by atoms with Crippen LogP contribution in [-0.4, -0.2) is 77.7 Å². The summed E-state index contributed by atoms with van der Waals surface area (Å²) in [5.41, 5.74) is 0.951. The van der Waals surface area contributed by atoms with Gasteiger partial charge in [0.1, 0.15) is 22.8 Å². The number of ether oxygens (including phenoxy) is 1. The van der Waals surface area contributed by atoms with Gasteiger partial charge in [-0.2, -0.15) is 4.68 Å². The molecular weight excluding hydrogens is 605 g/mol. The van der Waals surface area contributed by atoms with Crippen molar-refractivity contribution in [3.8, 4) is 5.69 Å². The molecule has 4 heterocycles. The van der Waals surface area contributed by atoms with Crippen molar-refractivity contribution < 1.29 is 28.6 Å². The molecular formula is C34H32FN7O5. The smallest absolute Gasteiger partial charge is 0.410 e. The number of fused-ring (bicyclic) bond motifs is 2. The number of nitrogens with zero attached hydrogens (tertiary/aromatic N) is 7. The summed E-state index contributed by atoms with van der Waals surface area (Å²) < 4.78 is 23.0. The Morgan fingerprint density at radius 3 is 2.66 bits per heavy atom. The van der Waals surface area contributed by atoms with Crippen molar-refractivity contribution in [2.24, 2.45) is 0 Å².